The van der Waals surface area contributed by atoms with Crippen LogP contribution in [-0.4, -0.2) is 11.5 Å². The Kier molecular flexibility index (Phi) is 4.71. The fraction of sp³-hybridized carbons (Fsp3) is 0.333. The SMILES string of the molecule is Cc1cc(C)c2[nH]c(-c3ccc(Br)s3)c(CCCCN)c2c1. The number of H-pyrrole nitrogens is 1. The molecule has 3 N–H and O–H groups in total. The Balaban J connectivity index is 2.16. The van der Waals surface area contributed by atoms with Crippen molar-refractivity contribution in [3.05, 3.63) is 44.7 Å². The Labute approximate surface area is 143 Å². The van der Waals surface area contributed by atoms with Crippen LogP contribution in [-0.2, 0) is 6.42 Å². The first kappa shape index (κ1) is 15.8. The first-order valence-electron chi connectivity index (χ1n) is 7.67. The van der Waals surface area contributed by atoms with E-state index in [9.17, 15) is 0 Å². The van der Waals surface area contributed by atoms with E-state index in [2.05, 4.69) is 59.0 Å². The molecule has 116 valence electrons. The van der Waals surface area contributed by atoms with Crippen LogP contribution < -0.4 is 5.73 Å². The summed E-state index contributed by atoms with van der Waals surface area (Å²) in [6.07, 6.45) is 3.28. The number of nitrogens with one attached hydrogen (secondary N) is 1. The molecular weight excluding hydrogens is 356 g/mol. The number of aromatic amines is 1. The summed E-state index contributed by atoms with van der Waals surface area (Å²) >= 11 is 5.36. The van der Waals surface area contributed by atoms with Crippen molar-refractivity contribution in [3.8, 4) is 10.6 Å². The van der Waals surface area contributed by atoms with E-state index in [4.69, 9.17) is 5.73 Å². The third-order valence-electron chi connectivity index (χ3n) is 4.06. The second-order valence-corrected chi connectivity index (χ2v) is 8.30. The van der Waals surface area contributed by atoms with Crippen molar-refractivity contribution < 1.29 is 0 Å². The normalized spacial score (nSPS) is 11.5. The Bertz CT molecular complexity index is 801. The maximum absolute atomic E-state index is 5.67. The molecule has 2 heterocycles. The highest BCUT2D eigenvalue weighted by atomic mass is 79.9. The summed E-state index contributed by atoms with van der Waals surface area (Å²) in [6, 6.07) is 8.86. The van der Waals surface area contributed by atoms with E-state index >= 15 is 0 Å². The smallest absolute Gasteiger partial charge is 0.0705 e. The van der Waals surface area contributed by atoms with E-state index in [0.29, 0.717) is 0 Å². The van der Waals surface area contributed by atoms with Gasteiger partial charge in [0.1, 0.15) is 0 Å². The lowest BCUT2D eigenvalue weighted by Crippen LogP contribution is -1.99. The zero-order valence-electron chi connectivity index (χ0n) is 13.0. The lowest BCUT2D eigenvalue weighted by atomic mass is 10.0. The second-order valence-electron chi connectivity index (χ2n) is 5.83. The third-order valence-corrected chi connectivity index (χ3v) is 5.70. The van der Waals surface area contributed by atoms with Crippen LogP contribution in [0, 0.1) is 13.8 Å². The molecular formula is C18H21BrN2S. The molecule has 1 aromatic carbocycles. The molecule has 0 aliphatic heterocycles. The Morgan fingerprint density at radius 3 is 2.68 bits per heavy atom. The van der Waals surface area contributed by atoms with Gasteiger partial charge in [0.2, 0.25) is 0 Å². The number of hydrogen-bond donors (Lipinski definition) is 2. The monoisotopic (exact) mass is 376 g/mol. The number of benzene rings is 1. The Morgan fingerprint density at radius 2 is 2.00 bits per heavy atom. The minimum absolute atomic E-state index is 0.764. The van der Waals surface area contributed by atoms with E-state index in [1.165, 1.54) is 42.0 Å². The molecule has 2 aromatic heterocycles. The van der Waals surface area contributed by atoms with Crippen LogP contribution in [0.15, 0.2) is 28.1 Å². The predicted octanol–water partition coefficient (Wildman–Crippen LogP) is 5.56. The summed E-state index contributed by atoms with van der Waals surface area (Å²) < 4.78 is 1.17. The van der Waals surface area contributed by atoms with Crippen molar-refractivity contribution in [2.45, 2.75) is 33.1 Å². The molecule has 0 saturated carbocycles. The van der Waals surface area contributed by atoms with Gasteiger partial charge in [0, 0.05) is 10.9 Å². The fourth-order valence-electron chi connectivity index (χ4n) is 3.07. The topological polar surface area (TPSA) is 41.8 Å². The van der Waals surface area contributed by atoms with Crippen molar-refractivity contribution in [3.63, 3.8) is 0 Å². The Hall–Kier alpha value is -1.10. The molecule has 0 atom stereocenters. The summed E-state index contributed by atoms with van der Waals surface area (Å²) in [6.45, 7) is 5.12. The molecule has 0 aliphatic rings. The van der Waals surface area contributed by atoms with Crippen LogP contribution in [0.2, 0.25) is 0 Å². The lowest BCUT2D eigenvalue weighted by Gasteiger charge is -2.04. The molecule has 0 radical (unpaired) electrons. The van der Waals surface area contributed by atoms with Crippen molar-refractivity contribution in [1.29, 1.82) is 0 Å². The molecule has 0 bridgehead atoms. The molecule has 3 rings (SSSR count). The van der Waals surface area contributed by atoms with E-state index in [-0.39, 0.29) is 0 Å². The number of aryl methyl sites for hydroxylation is 3. The summed E-state index contributed by atoms with van der Waals surface area (Å²) in [5.74, 6) is 0. The van der Waals surface area contributed by atoms with Gasteiger partial charge >= 0.3 is 0 Å². The van der Waals surface area contributed by atoms with Gasteiger partial charge in [0.25, 0.3) is 0 Å². The lowest BCUT2D eigenvalue weighted by molar-refractivity contribution is 0.748. The standard InChI is InChI=1S/C18H21BrN2S/c1-11-9-12(2)17-14(10-11)13(5-3-4-8-20)18(21-17)15-6-7-16(19)22-15/h6-7,9-10,21H,3-5,8,20H2,1-2H3. The van der Waals surface area contributed by atoms with Gasteiger partial charge in [0.15, 0.2) is 0 Å². The van der Waals surface area contributed by atoms with Crippen molar-refractivity contribution in [2.75, 3.05) is 6.54 Å². The molecule has 2 nitrogen and oxygen atoms in total. The summed E-state index contributed by atoms with van der Waals surface area (Å²) in [5.41, 5.74) is 12.3. The van der Waals surface area contributed by atoms with Crippen molar-refractivity contribution in [1.82, 2.24) is 4.98 Å². The molecule has 3 aromatic rings. The van der Waals surface area contributed by atoms with Crippen LogP contribution in [0.1, 0.15) is 29.5 Å². The average molecular weight is 377 g/mol. The molecule has 0 aliphatic carbocycles. The molecule has 0 unspecified atom stereocenters. The molecule has 0 spiro atoms. The highest BCUT2D eigenvalue weighted by molar-refractivity contribution is 9.11. The number of rotatable bonds is 5. The van der Waals surface area contributed by atoms with Crippen LogP contribution in [0.25, 0.3) is 21.5 Å². The number of halogens is 1. The van der Waals surface area contributed by atoms with Crippen molar-refractivity contribution in [2.24, 2.45) is 5.73 Å². The summed E-state index contributed by atoms with van der Waals surface area (Å²) in [7, 11) is 0. The number of unbranched alkanes of at least 4 members (excludes halogenated alkanes) is 1. The molecule has 22 heavy (non-hydrogen) atoms. The number of hydrogen-bond acceptors (Lipinski definition) is 2. The minimum atomic E-state index is 0.764. The van der Waals surface area contributed by atoms with Crippen LogP contribution in [0.4, 0.5) is 0 Å². The highest BCUT2D eigenvalue weighted by Gasteiger charge is 2.16. The van der Waals surface area contributed by atoms with Gasteiger partial charge in [-0.2, -0.15) is 0 Å². The molecule has 0 saturated heterocycles. The van der Waals surface area contributed by atoms with Gasteiger partial charge < -0.3 is 10.7 Å². The van der Waals surface area contributed by atoms with Gasteiger partial charge in [0.05, 0.1) is 14.4 Å². The highest BCUT2D eigenvalue weighted by Crippen LogP contribution is 2.38. The van der Waals surface area contributed by atoms with Gasteiger partial charge in [-0.1, -0.05) is 11.6 Å². The van der Waals surface area contributed by atoms with Crippen LogP contribution in [0.5, 0.6) is 0 Å². The first-order chi connectivity index (χ1) is 10.6. The number of fused-ring (bicyclic) bond motifs is 1. The minimum Gasteiger partial charge on any atom is -0.353 e. The zero-order chi connectivity index (χ0) is 15.7. The van der Waals surface area contributed by atoms with Crippen LogP contribution in [0.3, 0.4) is 0 Å². The Morgan fingerprint density at radius 1 is 1.18 bits per heavy atom. The molecule has 0 amide bonds. The van der Waals surface area contributed by atoms with Crippen LogP contribution >= 0.6 is 27.3 Å². The predicted molar refractivity (Wildman–Crippen MR) is 101 cm³/mol. The molecule has 4 heteroatoms. The van der Waals surface area contributed by atoms with E-state index in [1.54, 1.807) is 11.3 Å². The first-order valence-corrected chi connectivity index (χ1v) is 9.28. The van der Waals surface area contributed by atoms with E-state index in [0.717, 1.165) is 25.8 Å². The fourth-order valence-corrected chi connectivity index (χ4v) is 4.49. The van der Waals surface area contributed by atoms with E-state index < -0.39 is 0 Å². The van der Waals surface area contributed by atoms with Crippen molar-refractivity contribution >= 4 is 38.2 Å². The number of thiophene rings is 1. The van der Waals surface area contributed by atoms with Gasteiger partial charge in [-0.15, -0.1) is 11.3 Å². The summed E-state index contributed by atoms with van der Waals surface area (Å²) in [4.78, 5) is 4.97. The quantitative estimate of drug-likeness (QED) is 0.562. The molecule has 0 fully saturated rings. The second kappa shape index (κ2) is 6.57. The maximum atomic E-state index is 5.67. The number of aromatic nitrogens is 1. The van der Waals surface area contributed by atoms with Gasteiger partial charge in [-0.05, 0) is 84.9 Å². The van der Waals surface area contributed by atoms with E-state index in [1.807, 2.05) is 0 Å². The summed E-state index contributed by atoms with van der Waals surface area (Å²) in [5, 5.41) is 1.37. The zero-order valence-corrected chi connectivity index (χ0v) is 15.4. The largest absolute Gasteiger partial charge is 0.353 e. The third kappa shape index (κ3) is 3.00. The average Bonchev–Trinajstić information content (AvgIpc) is 3.04. The van der Waals surface area contributed by atoms with Gasteiger partial charge in [-0.25, -0.2) is 0 Å². The maximum Gasteiger partial charge on any atom is 0.0705 e. The van der Waals surface area contributed by atoms with Gasteiger partial charge in [-0.3, -0.25) is 0 Å². The number of nitrogens with two attached hydrogens (primary N) is 1.